The Hall–Kier alpha value is -2.93. The number of ether oxygens (including phenoxy) is 1. The number of oxazole rings is 1. The Morgan fingerprint density at radius 1 is 1.24 bits per heavy atom. The van der Waals surface area contributed by atoms with E-state index in [-0.39, 0.29) is 12.5 Å². The highest BCUT2D eigenvalue weighted by atomic mass is 32.1. The lowest BCUT2D eigenvalue weighted by atomic mass is 10.2. The molecule has 3 aromatic rings. The first kappa shape index (κ1) is 16.9. The summed E-state index contributed by atoms with van der Waals surface area (Å²) in [7, 11) is 0. The van der Waals surface area contributed by atoms with Gasteiger partial charge in [-0.2, -0.15) is 0 Å². The molecular weight excluding hydrogens is 340 g/mol. The summed E-state index contributed by atoms with van der Waals surface area (Å²) in [6.45, 7) is 3.58. The monoisotopic (exact) mass is 356 g/mol. The molecule has 0 aliphatic rings. The number of amides is 1. The normalized spacial score (nSPS) is 10.5. The Kier molecular flexibility index (Phi) is 4.95. The van der Waals surface area contributed by atoms with Gasteiger partial charge in [-0.25, -0.2) is 9.78 Å². The predicted molar refractivity (Wildman–Crippen MR) is 93.8 cm³/mol. The second-order valence-corrected chi connectivity index (χ2v) is 6.29. The van der Waals surface area contributed by atoms with E-state index in [0.717, 1.165) is 5.69 Å². The minimum absolute atomic E-state index is 0.0424. The first-order valence-electron chi connectivity index (χ1n) is 7.58. The molecule has 6 nitrogen and oxygen atoms in total. The third kappa shape index (κ3) is 4.13. The highest BCUT2D eigenvalue weighted by Gasteiger charge is 2.13. The molecular formula is C18H16N2O4S. The summed E-state index contributed by atoms with van der Waals surface area (Å²) in [6, 6.07) is 10.1. The highest BCUT2D eigenvalue weighted by molar-refractivity contribution is 7.12. The van der Waals surface area contributed by atoms with Gasteiger partial charge < -0.3 is 14.5 Å². The molecule has 0 radical (unpaired) electrons. The van der Waals surface area contributed by atoms with Crippen molar-refractivity contribution in [1.29, 1.82) is 0 Å². The Morgan fingerprint density at radius 3 is 2.76 bits per heavy atom. The van der Waals surface area contributed by atoms with Crippen LogP contribution in [0.3, 0.4) is 0 Å². The lowest BCUT2D eigenvalue weighted by molar-refractivity contribution is 0.0437. The minimum Gasteiger partial charge on any atom is -0.452 e. The number of benzene rings is 1. The number of hydrogen-bond acceptors (Lipinski definition) is 6. The van der Waals surface area contributed by atoms with Crippen LogP contribution in [0.2, 0.25) is 0 Å². The summed E-state index contributed by atoms with van der Waals surface area (Å²) >= 11 is 1.35. The first-order valence-corrected chi connectivity index (χ1v) is 8.46. The van der Waals surface area contributed by atoms with E-state index in [0.29, 0.717) is 27.8 Å². The first-order chi connectivity index (χ1) is 12.0. The molecule has 0 aliphatic carbocycles. The minimum atomic E-state index is -0.513. The van der Waals surface area contributed by atoms with Gasteiger partial charge in [0.15, 0.2) is 6.61 Å². The van der Waals surface area contributed by atoms with Crippen LogP contribution in [0, 0.1) is 13.8 Å². The van der Waals surface area contributed by atoms with Crippen LogP contribution in [0.5, 0.6) is 0 Å². The molecule has 0 saturated carbocycles. The number of carbonyl (C=O) groups excluding carboxylic acids is 2. The lowest BCUT2D eigenvalue weighted by Gasteiger charge is -2.06. The van der Waals surface area contributed by atoms with Crippen LogP contribution in [0.1, 0.15) is 37.4 Å². The van der Waals surface area contributed by atoms with Crippen molar-refractivity contribution < 1.29 is 18.7 Å². The number of aromatic nitrogens is 1. The third-order valence-corrected chi connectivity index (χ3v) is 4.37. The molecule has 128 valence electrons. The number of nitrogens with one attached hydrogen (secondary N) is 1. The average Bonchev–Trinajstić information content (AvgIpc) is 3.23. The molecule has 1 amide bonds. The van der Waals surface area contributed by atoms with Gasteiger partial charge in [-0.1, -0.05) is 12.1 Å². The van der Waals surface area contributed by atoms with E-state index >= 15 is 0 Å². The van der Waals surface area contributed by atoms with Gasteiger partial charge in [0.1, 0.15) is 5.76 Å². The molecule has 25 heavy (non-hydrogen) atoms. The molecule has 0 aliphatic heterocycles. The fourth-order valence-electron chi connectivity index (χ4n) is 2.14. The van der Waals surface area contributed by atoms with Crippen LogP contribution in [-0.4, -0.2) is 16.9 Å². The van der Waals surface area contributed by atoms with Crippen molar-refractivity contribution in [2.24, 2.45) is 0 Å². The van der Waals surface area contributed by atoms with E-state index in [1.807, 2.05) is 12.3 Å². The van der Waals surface area contributed by atoms with Gasteiger partial charge in [0.05, 0.1) is 16.1 Å². The molecule has 2 aromatic heterocycles. The summed E-state index contributed by atoms with van der Waals surface area (Å²) in [6.07, 6.45) is 0. The second kappa shape index (κ2) is 7.31. The van der Waals surface area contributed by atoms with Gasteiger partial charge in [0.2, 0.25) is 5.89 Å². The second-order valence-electron chi connectivity index (χ2n) is 5.34. The Morgan fingerprint density at radius 2 is 2.08 bits per heavy atom. The number of aryl methyl sites for hydroxylation is 2. The topological polar surface area (TPSA) is 81.4 Å². The number of thiophene rings is 1. The maximum Gasteiger partial charge on any atom is 0.338 e. The van der Waals surface area contributed by atoms with Crippen molar-refractivity contribution >= 4 is 28.9 Å². The van der Waals surface area contributed by atoms with Crippen LogP contribution in [0.4, 0.5) is 5.69 Å². The smallest absolute Gasteiger partial charge is 0.338 e. The molecule has 0 saturated heterocycles. The molecule has 7 heteroatoms. The maximum absolute atomic E-state index is 12.2. The van der Waals surface area contributed by atoms with Gasteiger partial charge in [0.25, 0.3) is 5.91 Å². The zero-order valence-electron chi connectivity index (χ0n) is 13.7. The number of esters is 1. The maximum atomic E-state index is 12.2. The van der Waals surface area contributed by atoms with E-state index in [1.54, 1.807) is 43.3 Å². The van der Waals surface area contributed by atoms with Crippen LogP contribution in [0.25, 0.3) is 0 Å². The van der Waals surface area contributed by atoms with Crippen molar-refractivity contribution in [2.45, 2.75) is 20.5 Å². The molecule has 3 rings (SSSR count). The summed E-state index contributed by atoms with van der Waals surface area (Å²) in [5.74, 6) is 0.321. The third-order valence-electron chi connectivity index (χ3n) is 3.50. The number of carbonyl (C=O) groups is 2. The van der Waals surface area contributed by atoms with Crippen molar-refractivity contribution in [3.05, 3.63) is 69.6 Å². The molecule has 0 bridgehead atoms. The Balaban J connectivity index is 1.64. The molecule has 0 spiro atoms. The number of rotatable bonds is 5. The van der Waals surface area contributed by atoms with E-state index in [2.05, 4.69) is 10.3 Å². The molecule has 0 atom stereocenters. The van der Waals surface area contributed by atoms with Crippen LogP contribution in [0.15, 0.2) is 46.2 Å². The molecule has 0 unspecified atom stereocenters. The van der Waals surface area contributed by atoms with E-state index < -0.39 is 5.97 Å². The number of nitrogens with zero attached hydrogens (tertiary/aromatic N) is 1. The molecule has 0 fully saturated rings. The van der Waals surface area contributed by atoms with Gasteiger partial charge >= 0.3 is 5.97 Å². The van der Waals surface area contributed by atoms with Crippen molar-refractivity contribution in [3.8, 4) is 0 Å². The SMILES string of the molecule is Cc1nc(COC(=O)c2cccc(NC(=O)c3cccs3)c2)oc1C. The summed E-state index contributed by atoms with van der Waals surface area (Å²) < 4.78 is 10.6. The predicted octanol–water partition coefficient (Wildman–Crippen LogP) is 3.96. The van der Waals surface area contributed by atoms with E-state index in [9.17, 15) is 9.59 Å². The quantitative estimate of drug-likeness (QED) is 0.700. The molecule has 1 aromatic carbocycles. The fraction of sp³-hybridized carbons (Fsp3) is 0.167. The molecule has 2 heterocycles. The van der Waals surface area contributed by atoms with Crippen molar-refractivity contribution in [2.75, 3.05) is 5.32 Å². The summed E-state index contributed by atoms with van der Waals surface area (Å²) in [5, 5.41) is 4.59. The highest BCUT2D eigenvalue weighted by Crippen LogP contribution is 2.16. The zero-order chi connectivity index (χ0) is 17.8. The van der Waals surface area contributed by atoms with E-state index in [1.165, 1.54) is 11.3 Å². The number of anilines is 1. The van der Waals surface area contributed by atoms with Crippen molar-refractivity contribution in [3.63, 3.8) is 0 Å². The summed E-state index contributed by atoms with van der Waals surface area (Å²) in [4.78, 5) is 29.0. The Bertz CT molecular complexity index is 880. The lowest BCUT2D eigenvalue weighted by Crippen LogP contribution is -2.11. The Labute approximate surface area is 148 Å². The zero-order valence-corrected chi connectivity index (χ0v) is 14.6. The van der Waals surface area contributed by atoms with Gasteiger partial charge in [-0.3, -0.25) is 4.79 Å². The van der Waals surface area contributed by atoms with Gasteiger partial charge in [-0.05, 0) is 43.5 Å². The van der Waals surface area contributed by atoms with E-state index in [4.69, 9.17) is 9.15 Å². The summed E-state index contributed by atoms with van der Waals surface area (Å²) in [5.41, 5.74) is 1.63. The van der Waals surface area contributed by atoms with Crippen LogP contribution < -0.4 is 5.32 Å². The van der Waals surface area contributed by atoms with Crippen LogP contribution >= 0.6 is 11.3 Å². The fourth-order valence-corrected chi connectivity index (χ4v) is 2.75. The average molecular weight is 356 g/mol. The standard InChI is InChI=1S/C18H16N2O4S/c1-11-12(2)24-16(19-11)10-23-18(22)13-5-3-6-14(9-13)20-17(21)15-7-4-8-25-15/h3-9H,10H2,1-2H3,(H,20,21). The van der Waals surface area contributed by atoms with Crippen LogP contribution in [-0.2, 0) is 11.3 Å². The molecule has 1 N–H and O–H groups in total. The van der Waals surface area contributed by atoms with Gasteiger partial charge in [-0.15, -0.1) is 11.3 Å². The van der Waals surface area contributed by atoms with Gasteiger partial charge in [0, 0.05) is 5.69 Å². The van der Waals surface area contributed by atoms with Crippen molar-refractivity contribution in [1.82, 2.24) is 4.98 Å². The largest absolute Gasteiger partial charge is 0.452 e. The number of hydrogen-bond donors (Lipinski definition) is 1.